The van der Waals surface area contributed by atoms with Crippen LogP contribution in [-0.2, 0) is 0 Å². The summed E-state index contributed by atoms with van der Waals surface area (Å²) in [5.41, 5.74) is 2.02. The van der Waals surface area contributed by atoms with E-state index in [1.165, 1.54) is 12.8 Å². The maximum absolute atomic E-state index is 10.7. The van der Waals surface area contributed by atoms with E-state index >= 15 is 0 Å². The summed E-state index contributed by atoms with van der Waals surface area (Å²) in [5, 5.41) is 10.7. The Morgan fingerprint density at radius 3 is 2.62 bits per heavy atom. The van der Waals surface area contributed by atoms with Gasteiger partial charge in [0.1, 0.15) is 0 Å². The molecule has 0 saturated carbocycles. The third kappa shape index (κ3) is 1.91. The predicted octanol–water partition coefficient (Wildman–Crippen LogP) is 2.84. The van der Waals surface area contributed by atoms with E-state index in [1.807, 2.05) is 6.07 Å². The molecule has 0 aromatic heterocycles. The van der Waals surface area contributed by atoms with Crippen molar-refractivity contribution < 1.29 is 4.92 Å². The lowest BCUT2D eigenvalue weighted by Gasteiger charge is -2.19. The maximum atomic E-state index is 10.7. The Labute approximate surface area is 94.3 Å². The molecule has 0 bridgehead atoms. The second-order valence-corrected chi connectivity index (χ2v) is 3.90. The average molecular weight is 218 g/mol. The van der Waals surface area contributed by atoms with Gasteiger partial charge in [0, 0.05) is 36.5 Å². The van der Waals surface area contributed by atoms with Crippen LogP contribution in [0.2, 0.25) is 0 Å². The summed E-state index contributed by atoms with van der Waals surface area (Å²) in [4.78, 5) is 12.5. The van der Waals surface area contributed by atoms with E-state index in [1.54, 1.807) is 18.2 Å². The molecule has 1 saturated heterocycles. The summed E-state index contributed by atoms with van der Waals surface area (Å²) in [6.45, 7) is 5.77. The summed E-state index contributed by atoms with van der Waals surface area (Å²) < 4.78 is 0. The Kier molecular flexibility index (Phi) is 2.90. The first kappa shape index (κ1) is 10.7. The minimum absolute atomic E-state index is 0.123. The molecule has 0 unspecified atom stereocenters. The number of nitro benzene ring substituents is 1. The van der Waals surface area contributed by atoms with Crippen LogP contribution in [0.5, 0.6) is 0 Å². The van der Waals surface area contributed by atoms with Gasteiger partial charge in [0.25, 0.3) is 5.69 Å². The molecule has 1 aromatic rings. The highest BCUT2D eigenvalue weighted by Gasteiger charge is 2.16. The van der Waals surface area contributed by atoms with Crippen molar-refractivity contribution in [3.05, 3.63) is 40.5 Å². The van der Waals surface area contributed by atoms with Gasteiger partial charge in [-0.15, -0.1) is 0 Å². The predicted molar refractivity (Wildman–Crippen MR) is 64.6 cm³/mol. The van der Waals surface area contributed by atoms with E-state index in [-0.39, 0.29) is 10.6 Å². The van der Waals surface area contributed by atoms with Gasteiger partial charge in [-0.3, -0.25) is 10.1 Å². The summed E-state index contributed by atoms with van der Waals surface area (Å²) in [6.07, 6.45) is 4.06. The number of nitrogens with zero attached hydrogens (tertiary/aromatic N) is 2. The molecule has 4 nitrogen and oxygen atoms in total. The van der Waals surface area contributed by atoms with E-state index in [0.717, 1.165) is 24.3 Å². The molecular weight excluding hydrogens is 204 g/mol. The summed E-state index contributed by atoms with van der Waals surface area (Å²) in [6, 6.07) is 4.96. The lowest BCUT2D eigenvalue weighted by Crippen LogP contribution is -2.18. The van der Waals surface area contributed by atoms with Gasteiger partial charge < -0.3 is 4.90 Å². The molecule has 0 N–H and O–H groups in total. The van der Waals surface area contributed by atoms with Crippen LogP contribution in [0.4, 0.5) is 11.4 Å². The molecule has 84 valence electrons. The van der Waals surface area contributed by atoms with Crippen LogP contribution in [0.3, 0.4) is 0 Å². The van der Waals surface area contributed by atoms with Gasteiger partial charge in [0.15, 0.2) is 0 Å². The second-order valence-electron chi connectivity index (χ2n) is 3.90. The van der Waals surface area contributed by atoms with Crippen LogP contribution in [-0.4, -0.2) is 18.0 Å². The number of non-ortho nitro benzene ring substituents is 1. The molecule has 0 atom stereocenters. The number of benzene rings is 1. The van der Waals surface area contributed by atoms with Crippen LogP contribution in [0, 0.1) is 10.1 Å². The molecule has 16 heavy (non-hydrogen) atoms. The average Bonchev–Trinajstić information content (AvgIpc) is 2.81. The van der Waals surface area contributed by atoms with Crippen molar-refractivity contribution >= 4 is 17.5 Å². The lowest BCUT2D eigenvalue weighted by molar-refractivity contribution is -0.384. The zero-order chi connectivity index (χ0) is 11.5. The van der Waals surface area contributed by atoms with Crippen molar-refractivity contribution in [3.8, 4) is 0 Å². The van der Waals surface area contributed by atoms with Crippen LogP contribution < -0.4 is 4.90 Å². The quantitative estimate of drug-likeness (QED) is 0.579. The molecule has 1 heterocycles. The first-order valence-electron chi connectivity index (χ1n) is 5.38. The van der Waals surface area contributed by atoms with E-state index in [2.05, 4.69) is 11.5 Å². The number of nitro groups is 1. The zero-order valence-corrected chi connectivity index (χ0v) is 9.06. The van der Waals surface area contributed by atoms with Crippen LogP contribution in [0.1, 0.15) is 18.4 Å². The van der Waals surface area contributed by atoms with Crippen molar-refractivity contribution in [3.63, 3.8) is 0 Å². The highest BCUT2D eigenvalue weighted by Crippen LogP contribution is 2.28. The Bertz CT molecular complexity index is 423. The molecule has 1 aromatic carbocycles. The van der Waals surface area contributed by atoms with Gasteiger partial charge in [-0.1, -0.05) is 12.7 Å². The third-order valence-corrected chi connectivity index (χ3v) is 2.89. The highest BCUT2D eigenvalue weighted by atomic mass is 16.6. The maximum Gasteiger partial charge on any atom is 0.270 e. The lowest BCUT2D eigenvalue weighted by atomic mass is 10.1. The fraction of sp³-hybridized carbons (Fsp3) is 0.333. The molecule has 0 spiro atoms. The molecular formula is C12H14N2O2. The molecule has 2 rings (SSSR count). The molecule has 0 radical (unpaired) electrons. The van der Waals surface area contributed by atoms with Crippen LogP contribution >= 0.6 is 0 Å². The Morgan fingerprint density at radius 2 is 2.06 bits per heavy atom. The molecule has 0 amide bonds. The molecule has 1 aliphatic heterocycles. The monoisotopic (exact) mass is 218 g/mol. The standard InChI is InChI=1S/C12H14N2O2/c1-2-10-9-11(14(15)16)5-6-12(10)13-7-3-4-8-13/h2,5-6,9H,1,3-4,7-8H2. The number of hydrogen-bond donors (Lipinski definition) is 0. The van der Waals surface area contributed by atoms with Crippen molar-refractivity contribution in [1.29, 1.82) is 0 Å². The summed E-state index contributed by atoms with van der Waals surface area (Å²) in [7, 11) is 0. The van der Waals surface area contributed by atoms with E-state index in [9.17, 15) is 10.1 Å². The largest absolute Gasteiger partial charge is 0.371 e. The van der Waals surface area contributed by atoms with Crippen molar-refractivity contribution in [2.75, 3.05) is 18.0 Å². The van der Waals surface area contributed by atoms with E-state index < -0.39 is 0 Å². The third-order valence-electron chi connectivity index (χ3n) is 2.89. The molecule has 4 heteroatoms. The SMILES string of the molecule is C=Cc1cc([N+](=O)[O-])ccc1N1CCCC1. The van der Waals surface area contributed by atoms with E-state index in [4.69, 9.17) is 0 Å². The highest BCUT2D eigenvalue weighted by molar-refractivity contribution is 5.69. The zero-order valence-electron chi connectivity index (χ0n) is 9.06. The van der Waals surface area contributed by atoms with Gasteiger partial charge >= 0.3 is 0 Å². The van der Waals surface area contributed by atoms with Gasteiger partial charge in [0.05, 0.1) is 4.92 Å². The Balaban J connectivity index is 2.38. The van der Waals surface area contributed by atoms with Crippen molar-refractivity contribution in [1.82, 2.24) is 0 Å². The van der Waals surface area contributed by atoms with Crippen molar-refractivity contribution in [2.24, 2.45) is 0 Å². The Morgan fingerprint density at radius 1 is 1.38 bits per heavy atom. The first-order valence-corrected chi connectivity index (χ1v) is 5.38. The van der Waals surface area contributed by atoms with Gasteiger partial charge in [0.2, 0.25) is 0 Å². The van der Waals surface area contributed by atoms with Gasteiger partial charge in [-0.2, -0.15) is 0 Å². The smallest absolute Gasteiger partial charge is 0.270 e. The normalized spacial score (nSPS) is 15.1. The summed E-state index contributed by atoms with van der Waals surface area (Å²) in [5.74, 6) is 0. The van der Waals surface area contributed by atoms with Crippen molar-refractivity contribution in [2.45, 2.75) is 12.8 Å². The minimum atomic E-state index is -0.374. The van der Waals surface area contributed by atoms with Crippen LogP contribution in [0.25, 0.3) is 6.08 Å². The second kappa shape index (κ2) is 4.35. The molecule has 1 fully saturated rings. The fourth-order valence-corrected chi connectivity index (χ4v) is 2.06. The first-order chi connectivity index (χ1) is 7.72. The fourth-order valence-electron chi connectivity index (χ4n) is 2.06. The van der Waals surface area contributed by atoms with Gasteiger partial charge in [-0.25, -0.2) is 0 Å². The molecule has 1 aliphatic rings. The molecule has 0 aliphatic carbocycles. The minimum Gasteiger partial charge on any atom is -0.371 e. The summed E-state index contributed by atoms with van der Waals surface area (Å²) >= 11 is 0. The number of rotatable bonds is 3. The number of hydrogen-bond acceptors (Lipinski definition) is 3. The Hall–Kier alpha value is -1.84. The number of anilines is 1. The van der Waals surface area contributed by atoms with E-state index in [0.29, 0.717) is 0 Å². The van der Waals surface area contributed by atoms with Gasteiger partial charge in [-0.05, 0) is 18.9 Å². The topological polar surface area (TPSA) is 46.4 Å². The van der Waals surface area contributed by atoms with Crippen LogP contribution in [0.15, 0.2) is 24.8 Å².